The van der Waals surface area contributed by atoms with Crippen molar-refractivity contribution in [2.75, 3.05) is 7.11 Å². The number of hydrogen-bond acceptors (Lipinski definition) is 5. The van der Waals surface area contributed by atoms with Crippen molar-refractivity contribution in [3.63, 3.8) is 0 Å². The lowest BCUT2D eigenvalue weighted by Crippen LogP contribution is -2.36. The average molecular weight is 447 g/mol. The monoisotopic (exact) mass is 447 g/mol. The molecule has 0 fully saturated rings. The highest BCUT2D eigenvalue weighted by molar-refractivity contribution is 7.10. The summed E-state index contributed by atoms with van der Waals surface area (Å²) in [4.78, 5) is 27.0. The van der Waals surface area contributed by atoms with Crippen LogP contribution in [0.25, 0.3) is 0 Å². The highest BCUT2D eigenvalue weighted by atomic mass is 32.1. The Morgan fingerprint density at radius 1 is 1.19 bits per heavy atom. The van der Waals surface area contributed by atoms with Gasteiger partial charge in [0.1, 0.15) is 0 Å². The zero-order valence-corrected chi connectivity index (χ0v) is 17.7. The first-order chi connectivity index (χ1) is 14.7. The van der Waals surface area contributed by atoms with E-state index in [9.17, 15) is 22.8 Å². The Balaban J connectivity index is 1.85. The highest BCUT2D eigenvalue weighted by Crippen LogP contribution is 2.46. The van der Waals surface area contributed by atoms with Crippen LogP contribution < -0.4 is 5.32 Å². The van der Waals surface area contributed by atoms with Gasteiger partial charge in [0.05, 0.1) is 18.2 Å². The predicted molar refractivity (Wildman–Crippen MR) is 110 cm³/mol. The number of allylic oxidation sites excluding steroid dienone is 3. The molecule has 1 aliphatic heterocycles. The lowest BCUT2D eigenvalue weighted by molar-refractivity contribution is -0.137. The molecule has 1 N–H and O–H groups in total. The highest BCUT2D eigenvalue weighted by Gasteiger charge is 2.42. The summed E-state index contributed by atoms with van der Waals surface area (Å²) in [6.45, 7) is 1.68. The quantitative estimate of drug-likeness (QED) is 0.649. The number of Topliss-reactive ketones (excluding diaryl/α,β-unsaturated/α-hetero) is 1. The van der Waals surface area contributed by atoms with Gasteiger partial charge < -0.3 is 10.1 Å². The van der Waals surface area contributed by atoms with Crippen molar-refractivity contribution in [3.8, 4) is 0 Å². The van der Waals surface area contributed by atoms with Gasteiger partial charge in [-0.25, -0.2) is 4.79 Å². The minimum absolute atomic E-state index is 0.00612. The van der Waals surface area contributed by atoms with Gasteiger partial charge in [-0.2, -0.15) is 13.2 Å². The first-order valence-electron chi connectivity index (χ1n) is 9.73. The van der Waals surface area contributed by atoms with E-state index in [4.69, 9.17) is 4.74 Å². The number of benzene rings is 1. The Labute approximate surface area is 181 Å². The molecule has 8 heteroatoms. The van der Waals surface area contributed by atoms with Gasteiger partial charge in [0.25, 0.3) is 0 Å². The lowest BCUT2D eigenvalue weighted by atomic mass is 9.72. The summed E-state index contributed by atoms with van der Waals surface area (Å²) in [7, 11) is 1.21. The number of rotatable bonds is 3. The van der Waals surface area contributed by atoms with Crippen LogP contribution in [0.1, 0.15) is 47.6 Å². The number of esters is 1. The van der Waals surface area contributed by atoms with Gasteiger partial charge in [0, 0.05) is 40.1 Å². The van der Waals surface area contributed by atoms with E-state index in [0.29, 0.717) is 23.4 Å². The van der Waals surface area contributed by atoms with Crippen molar-refractivity contribution >= 4 is 23.1 Å². The summed E-state index contributed by atoms with van der Waals surface area (Å²) in [5.41, 5.74) is 1.05. The van der Waals surface area contributed by atoms with E-state index in [2.05, 4.69) is 5.32 Å². The van der Waals surface area contributed by atoms with E-state index in [-0.39, 0.29) is 29.3 Å². The third-order valence-electron chi connectivity index (χ3n) is 5.73. The molecule has 0 saturated carbocycles. The van der Waals surface area contributed by atoms with Crippen LogP contribution in [0.2, 0.25) is 0 Å². The summed E-state index contributed by atoms with van der Waals surface area (Å²) < 4.78 is 45.0. The van der Waals surface area contributed by atoms with Gasteiger partial charge in [-0.3, -0.25) is 4.79 Å². The molecule has 0 radical (unpaired) electrons. The standard InChI is InChI=1S/C23H20F3NO3S/c1-12-19(22(29)30-2)20(13-5-3-6-15(9-13)23(24,25)26)21-16(27-12)10-14(11-17(21)28)18-7-4-8-31-18/h3-9,14,20,27H,10-11H2,1-2H3/t14-,20+/m1/s1. The number of nitrogens with one attached hydrogen (secondary N) is 1. The van der Waals surface area contributed by atoms with Crippen LogP contribution in [-0.4, -0.2) is 18.9 Å². The molecule has 1 aliphatic carbocycles. The molecule has 0 amide bonds. The number of thiophene rings is 1. The second-order valence-corrected chi connectivity index (χ2v) is 8.63. The molecule has 4 rings (SSSR count). The van der Waals surface area contributed by atoms with E-state index < -0.39 is 23.6 Å². The van der Waals surface area contributed by atoms with Gasteiger partial charge in [0.15, 0.2) is 5.78 Å². The van der Waals surface area contributed by atoms with Crippen LogP contribution >= 0.6 is 11.3 Å². The van der Waals surface area contributed by atoms with Crippen LogP contribution in [0.5, 0.6) is 0 Å². The Morgan fingerprint density at radius 3 is 2.61 bits per heavy atom. The van der Waals surface area contributed by atoms with Crippen molar-refractivity contribution in [1.82, 2.24) is 5.32 Å². The summed E-state index contributed by atoms with van der Waals surface area (Å²) in [6.07, 6.45) is -3.75. The van der Waals surface area contributed by atoms with Gasteiger partial charge in [-0.1, -0.05) is 24.3 Å². The number of dihydropyridines is 1. The zero-order valence-electron chi connectivity index (χ0n) is 16.9. The molecule has 1 aromatic heterocycles. The Hall–Kier alpha value is -2.87. The first-order valence-corrected chi connectivity index (χ1v) is 10.6. The summed E-state index contributed by atoms with van der Waals surface area (Å²) in [5.74, 6) is -1.77. The van der Waals surface area contributed by atoms with Crippen LogP contribution in [-0.2, 0) is 20.5 Å². The summed E-state index contributed by atoms with van der Waals surface area (Å²) in [6, 6.07) is 8.70. The van der Waals surface area contributed by atoms with E-state index in [1.165, 1.54) is 19.2 Å². The number of hydrogen-bond donors (Lipinski definition) is 1. The third-order valence-corrected chi connectivity index (χ3v) is 6.76. The van der Waals surface area contributed by atoms with E-state index in [1.54, 1.807) is 18.3 Å². The fourth-order valence-corrected chi connectivity index (χ4v) is 5.20. The largest absolute Gasteiger partial charge is 0.466 e. The Kier molecular flexibility index (Phi) is 5.51. The molecular weight excluding hydrogens is 427 g/mol. The second-order valence-electron chi connectivity index (χ2n) is 7.65. The van der Waals surface area contributed by atoms with Gasteiger partial charge >= 0.3 is 12.1 Å². The number of alkyl halides is 3. The minimum Gasteiger partial charge on any atom is -0.466 e. The van der Waals surface area contributed by atoms with Crippen LogP contribution in [0.3, 0.4) is 0 Å². The number of carbonyl (C=O) groups excluding carboxylic acids is 2. The predicted octanol–water partition coefficient (Wildman–Crippen LogP) is 5.30. The van der Waals surface area contributed by atoms with Gasteiger partial charge in [0.2, 0.25) is 0 Å². The maximum atomic E-state index is 13.4. The molecular formula is C23H20F3NO3S. The van der Waals surface area contributed by atoms with Crippen molar-refractivity contribution in [1.29, 1.82) is 0 Å². The molecule has 1 aromatic carbocycles. The SMILES string of the molecule is COC(=O)C1=C(C)NC2=C(C(=O)C[C@H](c3cccs3)C2)[C@H]1c1cccc(C(F)(F)F)c1. The molecule has 162 valence electrons. The maximum absolute atomic E-state index is 13.4. The minimum atomic E-state index is -4.54. The Morgan fingerprint density at radius 2 is 1.97 bits per heavy atom. The van der Waals surface area contributed by atoms with Crippen molar-refractivity contribution in [2.24, 2.45) is 0 Å². The number of halogens is 3. The molecule has 2 atom stereocenters. The molecule has 31 heavy (non-hydrogen) atoms. The number of ketones is 1. The van der Waals surface area contributed by atoms with Gasteiger partial charge in [-0.05, 0) is 36.4 Å². The van der Waals surface area contributed by atoms with Crippen LogP contribution in [0.15, 0.2) is 64.3 Å². The van der Waals surface area contributed by atoms with E-state index in [0.717, 1.165) is 17.0 Å². The summed E-state index contributed by atoms with van der Waals surface area (Å²) in [5, 5.41) is 5.12. The average Bonchev–Trinajstić information content (AvgIpc) is 3.26. The number of carbonyl (C=O) groups is 2. The second kappa shape index (κ2) is 8.00. The number of ether oxygens (including phenoxy) is 1. The first kappa shape index (κ1) is 21.4. The normalized spacial score (nSPS) is 21.6. The van der Waals surface area contributed by atoms with Crippen LogP contribution in [0.4, 0.5) is 13.2 Å². The van der Waals surface area contributed by atoms with E-state index >= 15 is 0 Å². The molecule has 0 spiro atoms. The third kappa shape index (κ3) is 3.92. The van der Waals surface area contributed by atoms with E-state index in [1.807, 2.05) is 17.5 Å². The van der Waals surface area contributed by atoms with Crippen LogP contribution in [0, 0.1) is 0 Å². The lowest BCUT2D eigenvalue weighted by Gasteiger charge is -2.36. The number of methoxy groups -OCH3 is 1. The van der Waals surface area contributed by atoms with Crippen molar-refractivity contribution in [2.45, 2.75) is 37.8 Å². The fraction of sp³-hybridized carbons (Fsp3) is 0.304. The molecule has 0 saturated heterocycles. The molecule has 2 heterocycles. The molecule has 0 bridgehead atoms. The Bertz CT molecular complexity index is 1100. The zero-order chi connectivity index (χ0) is 22.3. The topological polar surface area (TPSA) is 55.4 Å². The molecule has 4 nitrogen and oxygen atoms in total. The smallest absolute Gasteiger partial charge is 0.416 e. The summed E-state index contributed by atoms with van der Waals surface area (Å²) >= 11 is 1.57. The van der Waals surface area contributed by atoms with Crippen molar-refractivity contribution in [3.05, 3.63) is 80.3 Å². The fourth-order valence-electron chi connectivity index (χ4n) is 4.37. The molecule has 0 unspecified atom stereocenters. The molecule has 2 aromatic rings. The van der Waals surface area contributed by atoms with Crippen molar-refractivity contribution < 1.29 is 27.5 Å². The van der Waals surface area contributed by atoms with Gasteiger partial charge in [-0.15, -0.1) is 11.3 Å². The molecule has 2 aliphatic rings. The maximum Gasteiger partial charge on any atom is 0.416 e.